The molecule has 3 nitrogen and oxygen atoms in total. The van der Waals surface area contributed by atoms with Gasteiger partial charge in [-0.2, -0.15) is 0 Å². The number of hydrogen-bond acceptors (Lipinski definition) is 3. The highest BCUT2D eigenvalue weighted by atomic mass is 35.5. The lowest BCUT2D eigenvalue weighted by atomic mass is 9.89. The van der Waals surface area contributed by atoms with Crippen molar-refractivity contribution in [2.24, 2.45) is 11.7 Å². The maximum absolute atomic E-state index is 5.99. The summed E-state index contributed by atoms with van der Waals surface area (Å²) in [5.41, 5.74) is 15.4. The molecule has 126 valence electrons. The van der Waals surface area contributed by atoms with E-state index in [1.807, 2.05) is 12.1 Å². The van der Waals surface area contributed by atoms with Crippen molar-refractivity contribution in [1.29, 1.82) is 0 Å². The molecule has 1 aliphatic heterocycles. The lowest BCUT2D eigenvalue weighted by Crippen LogP contribution is -2.23. The number of nitrogen functional groups attached to an aromatic ring is 1. The van der Waals surface area contributed by atoms with E-state index in [4.69, 9.17) is 11.5 Å². The third kappa shape index (κ3) is 4.85. The zero-order chi connectivity index (χ0) is 14.7. The summed E-state index contributed by atoms with van der Waals surface area (Å²) in [7, 11) is 0. The van der Waals surface area contributed by atoms with Crippen LogP contribution in [0.15, 0.2) is 54.6 Å². The zero-order valence-corrected chi connectivity index (χ0v) is 14.7. The van der Waals surface area contributed by atoms with Gasteiger partial charge in [-0.3, -0.25) is 4.90 Å². The van der Waals surface area contributed by atoms with Gasteiger partial charge in [-0.1, -0.05) is 42.5 Å². The van der Waals surface area contributed by atoms with Crippen molar-refractivity contribution in [3.05, 3.63) is 65.7 Å². The Hall–Kier alpha value is -1.26. The van der Waals surface area contributed by atoms with Crippen LogP contribution in [0, 0.1) is 5.92 Å². The minimum absolute atomic E-state index is 0. The van der Waals surface area contributed by atoms with Gasteiger partial charge in [0.2, 0.25) is 0 Å². The molecule has 1 saturated heterocycles. The fourth-order valence-electron chi connectivity index (χ4n) is 3.36. The predicted octanol–water partition coefficient (Wildman–Crippen LogP) is 3.29. The van der Waals surface area contributed by atoms with Crippen LogP contribution in [0.5, 0.6) is 0 Å². The van der Waals surface area contributed by atoms with Gasteiger partial charge in [0.15, 0.2) is 0 Å². The largest absolute Gasteiger partial charge is 0.399 e. The SMILES string of the molecule is Cl.Cl.NC[C@@H]1CN(Cc2cccc(N)c2)C[C@H]1c1ccccc1. The molecule has 2 aromatic rings. The molecule has 0 radical (unpaired) electrons. The van der Waals surface area contributed by atoms with E-state index in [2.05, 4.69) is 47.4 Å². The lowest BCUT2D eigenvalue weighted by molar-refractivity contribution is 0.317. The van der Waals surface area contributed by atoms with E-state index in [0.717, 1.165) is 31.9 Å². The molecular weight excluding hydrogens is 329 g/mol. The molecule has 0 spiro atoms. The van der Waals surface area contributed by atoms with E-state index in [-0.39, 0.29) is 24.8 Å². The highest BCUT2D eigenvalue weighted by Gasteiger charge is 2.32. The molecule has 0 aliphatic carbocycles. The number of halogens is 2. The quantitative estimate of drug-likeness (QED) is 0.829. The van der Waals surface area contributed by atoms with Gasteiger partial charge in [-0.25, -0.2) is 0 Å². The standard InChI is InChI=1S/C18H23N3.2ClH/c19-10-16-12-21(11-14-5-4-8-17(20)9-14)13-18(16)15-6-2-1-3-7-15;;/h1-9,16,18H,10-13,19-20H2;2*1H/t16-,18+;;/m1../s1. The summed E-state index contributed by atoms with van der Waals surface area (Å²) in [6, 6.07) is 18.9. The lowest BCUT2D eigenvalue weighted by Gasteiger charge is -2.17. The number of likely N-dealkylation sites (tertiary alicyclic amines) is 1. The van der Waals surface area contributed by atoms with Crippen LogP contribution in [0.25, 0.3) is 0 Å². The molecule has 0 amide bonds. The number of nitrogens with zero attached hydrogens (tertiary/aromatic N) is 1. The Bertz CT molecular complexity index is 592. The molecule has 4 N–H and O–H groups in total. The number of benzene rings is 2. The van der Waals surface area contributed by atoms with Crippen LogP contribution in [0.4, 0.5) is 5.69 Å². The van der Waals surface area contributed by atoms with Crippen molar-refractivity contribution in [3.63, 3.8) is 0 Å². The van der Waals surface area contributed by atoms with Crippen molar-refractivity contribution in [3.8, 4) is 0 Å². The van der Waals surface area contributed by atoms with E-state index in [1.54, 1.807) is 0 Å². The van der Waals surface area contributed by atoms with E-state index in [9.17, 15) is 0 Å². The highest BCUT2D eigenvalue weighted by Crippen LogP contribution is 2.32. The maximum atomic E-state index is 5.99. The molecule has 0 unspecified atom stereocenters. The van der Waals surface area contributed by atoms with Crippen LogP contribution in [0.2, 0.25) is 0 Å². The van der Waals surface area contributed by atoms with E-state index in [1.165, 1.54) is 11.1 Å². The number of hydrogen-bond donors (Lipinski definition) is 2. The average molecular weight is 354 g/mol. The van der Waals surface area contributed by atoms with Crippen molar-refractivity contribution < 1.29 is 0 Å². The Morgan fingerprint density at radius 3 is 2.35 bits per heavy atom. The molecule has 1 aliphatic rings. The summed E-state index contributed by atoms with van der Waals surface area (Å²) in [6.45, 7) is 3.82. The summed E-state index contributed by atoms with van der Waals surface area (Å²) in [5.74, 6) is 1.07. The van der Waals surface area contributed by atoms with E-state index in [0.29, 0.717) is 11.8 Å². The zero-order valence-electron chi connectivity index (χ0n) is 13.1. The van der Waals surface area contributed by atoms with Crippen LogP contribution < -0.4 is 11.5 Å². The van der Waals surface area contributed by atoms with Crippen LogP contribution >= 0.6 is 24.8 Å². The van der Waals surface area contributed by atoms with Crippen molar-refractivity contribution in [2.45, 2.75) is 12.5 Å². The fraction of sp³-hybridized carbons (Fsp3) is 0.333. The molecule has 0 saturated carbocycles. The minimum Gasteiger partial charge on any atom is -0.399 e. The first-order chi connectivity index (χ1) is 10.3. The topological polar surface area (TPSA) is 55.3 Å². The Morgan fingerprint density at radius 1 is 0.957 bits per heavy atom. The van der Waals surface area contributed by atoms with Gasteiger partial charge >= 0.3 is 0 Å². The van der Waals surface area contributed by atoms with E-state index >= 15 is 0 Å². The van der Waals surface area contributed by atoms with Crippen LogP contribution in [0.3, 0.4) is 0 Å². The Balaban J connectivity index is 0.00000132. The van der Waals surface area contributed by atoms with Gasteiger partial charge in [-0.15, -0.1) is 24.8 Å². The molecule has 2 atom stereocenters. The van der Waals surface area contributed by atoms with Crippen LogP contribution in [-0.2, 0) is 6.54 Å². The maximum Gasteiger partial charge on any atom is 0.0317 e. The molecule has 23 heavy (non-hydrogen) atoms. The predicted molar refractivity (Wildman–Crippen MR) is 102 cm³/mol. The van der Waals surface area contributed by atoms with Crippen molar-refractivity contribution in [1.82, 2.24) is 4.90 Å². The summed E-state index contributed by atoms with van der Waals surface area (Å²) < 4.78 is 0. The Morgan fingerprint density at radius 2 is 1.70 bits per heavy atom. The summed E-state index contributed by atoms with van der Waals surface area (Å²) in [4.78, 5) is 2.49. The highest BCUT2D eigenvalue weighted by molar-refractivity contribution is 5.85. The smallest absolute Gasteiger partial charge is 0.0317 e. The molecular formula is C18H25Cl2N3. The first kappa shape index (κ1) is 19.8. The average Bonchev–Trinajstić information content (AvgIpc) is 2.91. The number of anilines is 1. The second-order valence-corrected chi connectivity index (χ2v) is 5.95. The molecule has 1 heterocycles. The second-order valence-electron chi connectivity index (χ2n) is 5.95. The fourth-order valence-corrected chi connectivity index (χ4v) is 3.36. The first-order valence-corrected chi connectivity index (χ1v) is 7.58. The molecule has 5 heteroatoms. The summed E-state index contributed by atoms with van der Waals surface area (Å²) in [6.07, 6.45) is 0. The van der Waals surface area contributed by atoms with E-state index < -0.39 is 0 Å². The molecule has 0 bridgehead atoms. The molecule has 1 fully saturated rings. The normalized spacial score (nSPS) is 20.6. The van der Waals surface area contributed by atoms with Crippen molar-refractivity contribution >= 4 is 30.5 Å². The molecule has 2 aromatic carbocycles. The second kappa shape index (κ2) is 9.14. The third-order valence-electron chi connectivity index (χ3n) is 4.40. The summed E-state index contributed by atoms with van der Waals surface area (Å²) >= 11 is 0. The van der Waals surface area contributed by atoms with Crippen LogP contribution in [-0.4, -0.2) is 24.5 Å². The molecule has 3 rings (SSSR count). The third-order valence-corrected chi connectivity index (χ3v) is 4.40. The van der Waals surface area contributed by atoms with Gasteiger partial charge in [0.25, 0.3) is 0 Å². The number of rotatable bonds is 4. The van der Waals surface area contributed by atoms with Crippen LogP contribution in [0.1, 0.15) is 17.0 Å². The summed E-state index contributed by atoms with van der Waals surface area (Å²) in [5, 5.41) is 0. The molecule has 0 aromatic heterocycles. The van der Waals surface area contributed by atoms with Gasteiger partial charge in [-0.05, 0) is 35.7 Å². The van der Waals surface area contributed by atoms with Gasteiger partial charge in [0, 0.05) is 31.2 Å². The minimum atomic E-state index is 0. The van der Waals surface area contributed by atoms with Gasteiger partial charge in [0.1, 0.15) is 0 Å². The monoisotopic (exact) mass is 353 g/mol. The Kier molecular flexibility index (Phi) is 7.86. The van der Waals surface area contributed by atoms with Gasteiger partial charge < -0.3 is 11.5 Å². The van der Waals surface area contributed by atoms with Gasteiger partial charge in [0.05, 0.1) is 0 Å². The first-order valence-electron chi connectivity index (χ1n) is 7.58. The van der Waals surface area contributed by atoms with Crippen molar-refractivity contribution in [2.75, 3.05) is 25.4 Å². The Labute approximate surface area is 150 Å². The number of nitrogens with two attached hydrogens (primary N) is 2.